The topological polar surface area (TPSA) is 130 Å². The first-order chi connectivity index (χ1) is 16.9. The van der Waals surface area contributed by atoms with Gasteiger partial charge in [-0.25, -0.2) is 8.78 Å². The first-order valence-electron chi connectivity index (χ1n) is 11.0. The van der Waals surface area contributed by atoms with Crippen molar-refractivity contribution in [3.05, 3.63) is 67.1 Å². The number of aliphatic hydroxyl groups excluding tert-OH is 1. The number of halogens is 3. The molecule has 4 N–H and O–H groups in total. The maximum absolute atomic E-state index is 15.2. The van der Waals surface area contributed by atoms with E-state index in [1.54, 1.807) is 6.07 Å². The van der Waals surface area contributed by atoms with Crippen LogP contribution >= 0.6 is 11.6 Å². The Balaban J connectivity index is 1.91. The van der Waals surface area contributed by atoms with Crippen molar-refractivity contribution in [2.24, 2.45) is 0 Å². The van der Waals surface area contributed by atoms with Gasteiger partial charge in [0.05, 0.1) is 17.7 Å². The van der Waals surface area contributed by atoms with E-state index in [1.165, 1.54) is 25.3 Å². The number of hydrogen-bond acceptors (Lipinski definition) is 7. The van der Waals surface area contributed by atoms with Crippen LogP contribution in [-0.4, -0.2) is 39.3 Å². The smallest absolute Gasteiger partial charge is 0.293 e. The molecule has 1 aromatic heterocycles. The molecule has 0 saturated carbocycles. The summed E-state index contributed by atoms with van der Waals surface area (Å²) in [6.45, 7) is 3.60. The number of benzene rings is 1. The molecule has 0 fully saturated rings. The van der Waals surface area contributed by atoms with Crippen LogP contribution in [0.5, 0.6) is 0 Å². The molecule has 9 nitrogen and oxygen atoms in total. The van der Waals surface area contributed by atoms with E-state index >= 15 is 4.39 Å². The van der Waals surface area contributed by atoms with Crippen molar-refractivity contribution in [3.8, 4) is 0 Å². The van der Waals surface area contributed by atoms with E-state index < -0.39 is 45.9 Å². The molecule has 0 bridgehead atoms. The summed E-state index contributed by atoms with van der Waals surface area (Å²) >= 11 is 5.84. The van der Waals surface area contributed by atoms with E-state index in [4.69, 9.17) is 16.3 Å². The molecule has 1 aromatic carbocycles. The number of fused-ring (bicyclic) bond motifs is 4. The highest BCUT2D eigenvalue weighted by Crippen LogP contribution is 2.47. The Morgan fingerprint density at radius 2 is 2.11 bits per heavy atom. The van der Waals surface area contributed by atoms with Gasteiger partial charge in [-0.1, -0.05) is 11.6 Å². The maximum atomic E-state index is 15.2. The predicted molar refractivity (Wildman–Crippen MR) is 126 cm³/mol. The average molecular weight is 524 g/mol. The molecule has 0 saturated heterocycles. The van der Waals surface area contributed by atoms with E-state index in [2.05, 4.69) is 10.6 Å². The number of amides is 1. The summed E-state index contributed by atoms with van der Waals surface area (Å²) in [6, 6.07) is 1.87. The van der Waals surface area contributed by atoms with Crippen molar-refractivity contribution in [2.45, 2.75) is 51.7 Å². The molecule has 4 rings (SSSR count). The van der Waals surface area contributed by atoms with E-state index in [9.17, 15) is 29.0 Å². The fraction of sp³-hybridized carbons (Fsp3) is 0.375. The molecule has 2 unspecified atom stereocenters. The van der Waals surface area contributed by atoms with Gasteiger partial charge in [0.25, 0.3) is 17.9 Å². The highest BCUT2D eigenvalue weighted by atomic mass is 35.5. The lowest BCUT2D eigenvalue weighted by molar-refractivity contribution is -0.136. The van der Waals surface area contributed by atoms with Crippen molar-refractivity contribution in [3.63, 3.8) is 0 Å². The normalized spacial score (nSPS) is 17.1. The minimum atomic E-state index is -1.71. The van der Waals surface area contributed by atoms with Gasteiger partial charge in [0, 0.05) is 30.0 Å². The highest BCUT2D eigenvalue weighted by molar-refractivity contribution is 6.31. The van der Waals surface area contributed by atoms with Crippen LogP contribution in [0.15, 0.2) is 22.5 Å². The van der Waals surface area contributed by atoms with Crippen LogP contribution in [0.4, 0.5) is 14.5 Å². The van der Waals surface area contributed by atoms with E-state index in [1.807, 2.05) is 0 Å². The zero-order valence-corrected chi connectivity index (χ0v) is 20.4. The Morgan fingerprint density at radius 1 is 1.42 bits per heavy atom. The number of nitrogens with one attached hydrogen (secondary N) is 2. The third-order valence-electron chi connectivity index (χ3n) is 6.32. The van der Waals surface area contributed by atoms with Crippen molar-refractivity contribution in [1.29, 1.82) is 0 Å². The largest absolute Gasteiger partial charge is 0.463 e. The van der Waals surface area contributed by atoms with Gasteiger partial charge in [0.15, 0.2) is 5.82 Å². The number of hydrogen-bond donors (Lipinski definition) is 4. The summed E-state index contributed by atoms with van der Waals surface area (Å²) in [5.74, 6) is -2.76. The van der Waals surface area contributed by atoms with Gasteiger partial charge in [0.2, 0.25) is 0 Å². The number of carbonyl (C=O) groups excluding carboxylic acids is 2. The number of ether oxygens (including phenoxy) is 1. The molecule has 192 valence electrons. The summed E-state index contributed by atoms with van der Waals surface area (Å²) in [5, 5.41) is 25.2. The first-order valence-corrected chi connectivity index (χ1v) is 11.4. The van der Waals surface area contributed by atoms with Crippen LogP contribution in [-0.2, 0) is 27.5 Å². The lowest BCUT2D eigenvalue weighted by Crippen LogP contribution is -2.43. The van der Waals surface area contributed by atoms with Gasteiger partial charge in [-0.2, -0.15) is 0 Å². The van der Waals surface area contributed by atoms with Crippen molar-refractivity contribution in [1.82, 2.24) is 9.88 Å². The number of anilines is 1. The number of aliphatic hydroxyl groups is 2. The lowest BCUT2D eigenvalue weighted by Gasteiger charge is -2.30. The monoisotopic (exact) mass is 523 g/mol. The Hall–Kier alpha value is -3.28. The summed E-state index contributed by atoms with van der Waals surface area (Å²) in [4.78, 5) is 36.4. The van der Waals surface area contributed by atoms with E-state index in [-0.39, 0.29) is 54.1 Å². The van der Waals surface area contributed by atoms with Crippen LogP contribution in [0.1, 0.15) is 55.3 Å². The number of nitrogens with zero attached hydrogens (tertiary/aromatic N) is 1. The van der Waals surface area contributed by atoms with E-state index in [0.29, 0.717) is 11.3 Å². The van der Waals surface area contributed by atoms with Gasteiger partial charge in [-0.05, 0) is 49.6 Å². The van der Waals surface area contributed by atoms with Gasteiger partial charge in [0.1, 0.15) is 23.0 Å². The molecular formula is C24H24ClF2N3O6. The Bertz CT molecular complexity index is 1360. The minimum Gasteiger partial charge on any atom is -0.463 e. The second-order valence-electron chi connectivity index (χ2n) is 9.21. The molecule has 0 radical (unpaired) electrons. The molecule has 2 aliphatic rings. The molecular weight excluding hydrogens is 500 g/mol. The molecule has 0 aliphatic carbocycles. The molecule has 2 aliphatic heterocycles. The summed E-state index contributed by atoms with van der Waals surface area (Å²) < 4.78 is 35.7. The van der Waals surface area contributed by atoms with Crippen LogP contribution in [0.3, 0.4) is 0 Å². The lowest BCUT2D eigenvalue weighted by atomic mass is 9.88. The van der Waals surface area contributed by atoms with Crippen molar-refractivity contribution < 1.29 is 33.3 Å². The van der Waals surface area contributed by atoms with Crippen LogP contribution in [0.25, 0.3) is 5.57 Å². The third-order valence-corrected chi connectivity index (χ3v) is 6.66. The number of aromatic nitrogens is 1. The summed E-state index contributed by atoms with van der Waals surface area (Å²) in [7, 11) is 0. The summed E-state index contributed by atoms with van der Waals surface area (Å²) in [6.07, 6.45) is -1.07. The highest BCUT2D eigenvalue weighted by Gasteiger charge is 2.39. The maximum Gasteiger partial charge on any atom is 0.293 e. The number of pyridine rings is 1. The van der Waals surface area contributed by atoms with Crippen LogP contribution in [0, 0.1) is 11.6 Å². The standard InChI is InChI=1S/C24H24ClF2N3O6/c1-10(32)11-4-17-21-13(7-30(17)22(33)14(11)8-36-9-31)12(6-28-23(34)24(2,3)35)18-16(29-21)5-15(26)19(25)20(18)27/h4-5,9-10,21,29,32,35H,6-8H2,1-3H3,(H,28,34). The molecule has 2 atom stereocenters. The van der Waals surface area contributed by atoms with Crippen molar-refractivity contribution in [2.75, 3.05) is 11.9 Å². The van der Waals surface area contributed by atoms with Gasteiger partial charge >= 0.3 is 0 Å². The average Bonchev–Trinajstić information content (AvgIpc) is 3.17. The second-order valence-corrected chi connectivity index (χ2v) is 9.59. The van der Waals surface area contributed by atoms with Gasteiger partial charge in [-0.15, -0.1) is 0 Å². The molecule has 12 heteroatoms. The van der Waals surface area contributed by atoms with Gasteiger partial charge in [-0.3, -0.25) is 14.4 Å². The fourth-order valence-corrected chi connectivity index (χ4v) is 4.69. The van der Waals surface area contributed by atoms with Crippen molar-refractivity contribution >= 4 is 35.2 Å². The summed E-state index contributed by atoms with van der Waals surface area (Å²) in [5.41, 5.74) is -0.749. The fourth-order valence-electron chi connectivity index (χ4n) is 4.54. The predicted octanol–water partition coefficient (Wildman–Crippen LogP) is 2.33. The quantitative estimate of drug-likeness (QED) is 0.324. The zero-order valence-electron chi connectivity index (χ0n) is 19.6. The second kappa shape index (κ2) is 9.30. The first kappa shape index (κ1) is 25.8. The molecule has 3 heterocycles. The van der Waals surface area contributed by atoms with Crippen LogP contribution < -0.4 is 16.2 Å². The van der Waals surface area contributed by atoms with Crippen LogP contribution in [0.2, 0.25) is 5.02 Å². The number of rotatable bonds is 7. The number of carbonyl (C=O) groups is 2. The third kappa shape index (κ3) is 4.27. The molecule has 0 spiro atoms. The Labute approximate surface area is 209 Å². The molecule has 36 heavy (non-hydrogen) atoms. The SMILES string of the molecule is CC(O)c1cc2n(c(=O)c1COC=O)CC1=C(CNC(=O)C(C)(C)O)c3c(cc(F)c(Cl)c3F)NC12. The molecule has 2 aromatic rings. The molecule has 1 amide bonds. The zero-order chi connectivity index (χ0) is 26.5. The Morgan fingerprint density at radius 3 is 2.72 bits per heavy atom. The Kier molecular flexibility index (Phi) is 6.67. The van der Waals surface area contributed by atoms with Gasteiger partial charge < -0.3 is 30.2 Å². The minimum absolute atomic E-state index is 0.0262. The van der Waals surface area contributed by atoms with E-state index in [0.717, 1.165) is 6.07 Å².